The quantitative estimate of drug-likeness (QED) is 0.381. The van der Waals surface area contributed by atoms with Crippen LogP contribution in [0.2, 0.25) is 5.02 Å². The first-order valence-electron chi connectivity index (χ1n) is 7.61. The number of nitro groups is 1. The summed E-state index contributed by atoms with van der Waals surface area (Å²) in [5.41, 5.74) is 0.487. The third-order valence-electron chi connectivity index (χ3n) is 3.27. The molecule has 0 unspecified atom stereocenters. The largest absolute Gasteiger partial charge is 0.449 e. The van der Waals surface area contributed by atoms with E-state index in [0.29, 0.717) is 29.4 Å². The van der Waals surface area contributed by atoms with Crippen molar-refractivity contribution in [2.45, 2.75) is 6.54 Å². The lowest BCUT2D eigenvalue weighted by Crippen LogP contribution is -2.30. The molecule has 0 aliphatic heterocycles. The lowest BCUT2D eigenvalue weighted by atomic mass is 10.2. The maximum absolute atomic E-state index is 11.3. The van der Waals surface area contributed by atoms with Gasteiger partial charge < -0.3 is 10.1 Å². The number of benzene rings is 2. The van der Waals surface area contributed by atoms with Crippen molar-refractivity contribution in [3.63, 3.8) is 0 Å². The summed E-state index contributed by atoms with van der Waals surface area (Å²) in [5.74, 6) is 0.417. The minimum absolute atomic E-state index is 0.0885. The van der Waals surface area contributed by atoms with Crippen molar-refractivity contribution in [1.82, 2.24) is 10.0 Å². The second-order valence-corrected chi connectivity index (χ2v) is 7.68. The Morgan fingerprint density at radius 1 is 1.15 bits per heavy atom. The van der Waals surface area contributed by atoms with Gasteiger partial charge in [-0.1, -0.05) is 29.8 Å². The topological polar surface area (TPSA) is 111 Å². The third kappa shape index (κ3) is 6.26. The third-order valence-corrected chi connectivity index (χ3v) is 4.31. The van der Waals surface area contributed by atoms with Crippen LogP contribution < -0.4 is 14.8 Å². The first-order chi connectivity index (χ1) is 12.3. The van der Waals surface area contributed by atoms with Crippen molar-refractivity contribution in [1.29, 1.82) is 0 Å². The monoisotopic (exact) mass is 399 g/mol. The molecule has 26 heavy (non-hydrogen) atoms. The summed E-state index contributed by atoms with van der Waals surface area (Å²) in [4.78, 5) is 10.8. The summed E-state index contributed by atoms with van der Waals surface area (Å²) in [6.07, 6.45) is 1.08. The van der Waals surface area contributed by atoms with Crippen LogP contribution in [0, 0.1) is 10.1 Å². The minimum atomic E-state index is -3.23. The lowest BCUT2D eigenvalue weighted by Gasteiger charge is -2.10. The highest BCUT2D eigenvalue weighted by atomic mass is 35.5. The van der Waals surface area contributed by atoms with Crippen LogP contribution >= 0.6 is 11.6 Å². The summed E-state index contributed by atoms with van der Waals surface area (Å²) in [5, 5.41) is 14.7. The Kier molecular flexibility index (Phi) is 6.92. The molecule has 0 aliphatic rings. The predicted octanol–water partition coefficient (Wildman–Crippen LogP) is 2.68. The Labute approximate surface area is 156 Å². The average molecular weight is 400 g/mol. The molecule has 2 aromatic carbocycles. The summed E-state index contributed by atoms with van der Waals surface area (Å²) in [7, 11) is -3.23. The highest BCUT2D eigenvalue weighted by molar-refractivity contribution is 7.88. The predicted molar refractivity (Wildman–Crippen MR) is 99.2 cm³/mol. The molecule has 0 heterocycles. The number of ether oxygens (including phenoxy) is 1. The molecular weight excluding hydrogens is 382 g/mol. The van der Waals surface area contributed by atoms with E-state index in [1.165, 1.54) is 12.1 Å². The van der Waals surface area contributed by atoms with Gasteiger partial charge in [0.2, 0.25) is 15.8 Å². The number of hydrogen-bond acceptors (Lipinski definition) is 6. The van der Waals surface area contributed by atoms with E-state index in [1.807, 2.05) is 0 Å². The van der Waals surface area contributed by atoms with Crippen molar-refractivity contribution < 1.29 is 18.1 Å². The zero-order valence-electron chi connectivity index (χ0n) is 13.9. The van der Waals surface area contributed by atoms with Crippen LogP contribution in [-0.2, 0) is 16.6 Å². The second kappa shape index (κ2) is 8.95. The van der Waals surface area contributed by atoms with E-state index in [0.717, 1.165) is 6.26 Å². The molecule has 0 spiro atoms. The van der Waals surface area contributed by atoms with Gasteiger partial charge in [-0.05, 0) is 23.8 Å². The fourth-order valence-electron chi connectivity index (χ4n) is 2.11. The molecule has 8 nitrogen and oxygen atoms in total. The van der Waals surface area contributed by atoms with Crippen LogP contribution in [0.15, 0.2) is 42.5 Å². The van der Waals surface area contributed by atoms with E-state index >= 15 is 0 Å². The highest BCUT2D eigenvalue weighted by Crippen LogP contribution is 2.35. The van der Waals surface area contributed by atoms with Gasteiger partial charge in [-0.15, -0.1) is 0 Å². The Morgan fingerprint density at radius 2 is 1.88 bits per heavy atom. The Bertz CT molecular complexity index is 889. The summed E-state index contributed by atoms with van der Waals surface area (Å²) in [6.45, 7) is 0.964. The van der Waals surface area contributed by atoms with E-state index in [-0.39, 0.29) is 18.0 Å². The Balaban J connectivity index is 2.04. The fraction of sp³-hybridized carbons (Fsp3) is 0.250. The van der Waals surface area contributed by atoms with Crippen LogP contribution in [-0.4, -0.2) is 32.7 Å². The van der Waals surface area contributed by atoms with Gasteiger partial charge in [-0.2, -0.15) is 0 Å². The molecule has 140 valence electrons. The van der Waals surface area contributed by atoms with Crippen LogP contribution in [0.1, 0.15) is 5.56 Å². The average Bonchev–Trinajstić information content (AvgIpc) is 2.56. The van der Waals surface area contributed by atoms with Gasteiger partial charge in [-0.3, -0.25) is 10.1 Å². The van der Waals surface area contributed by atoms with Crippen molar-refractivity contribution in [3.05, 3.63) is 63.2 Å². The van der Waals surface area contributed by atoms with E-state index in [2.05, 4.69) is 10.0 Å². The molecule has 0 bridgehead atoms. The van der Waals surface area contributed by atoms with Gasteiger partial charge in [0.1, 0.15) is 5.75 Å². The van der Waals surface area contributed by atoms with E-state index in [4.69, 9.17) is 16.3 Å². The maximum Gasteiger partial charge on any atom is 0.311 e. The standard InChI is InChI=1S/C16H18ClN3O5S/c1-26(23,24)19-9-8-18-11-12-6-7-16(14(10-12)20(21)22)25-15-5-3-2-4-13(15)17/h2-7,10,18-19H,8-9,11H2,1H3. The van der Waals surface area contributed by atoms with Gasteiger partial charge in [0.25, 0.3) is 0 Å². The highest BCUT2D eigenvalue weighted by Gasteiger charge is 2.17. The minimum Gasteiger partial charge on any atom is -0.449 e. The number of hydrogen-bond donors (Lipinski definition) is 2. The number of halogens is 1. The number of nitro benzene ring substituents is 1. The Hall–Kier alpha value is -2.20. The number of para-hydroxylation sites is 1. The van der Waals surface area contributed by atoms with Gasteiger partial charge in [-0.25, -0.2) is 13.1 Å². The molecule has 2 aromatic rings. The maximum atomic E-state index is 11.3. The first kappa shape index (κ1) is 20.1. The number of nitrogens with zero attached hydrogens (tertiary/aromatic N) is 1. The van der Waals surface area contributed by atoms with Crippen molar-refractivity contribution in [2.24, 2.45) is 0 Å². The second-order valence-electron chi connectivity index (χ2n) is 5.43. The van der Waals surface area contributed by atoms with Crippen LogP contribution in [0.5, 0.6) is 11.5 Å². The summed E-state index contributed by atoms with van der Waals surface area (Å²) in [6, 6.07) is 11.3. The molecule has 2 N–H and O–H groups in total. The van der Waals surface area contributed by atoms with Crippen LogP contribution in [0.25, 0.3) is 0 Å². The molecule has 0 radical (unpaired) electrons. The molecular formula is C16H18ClN3O5S. The number of nitrogens with one attached hydrogen (secondary N) is 2. The molecule has 0 saturated carbocycles. The van der Waals surface area contributed by atoms with Gasteiger partial charge in [0, 0.05) is 25.7 Å². The molecule has 0 aliphatic carbocycles. The van der Waals surface area contributed by atoms with Crippen molar-refractivity contribution in [2.75, 3.05) is 19.3 Å². The van der Waals surface area contributed by atoms with Crippen molar-refractivity contribution >= 4 is 27.3 Å². The first-order valence-corrected chi connectivity index (χ1v) is 9.88. The van der Waals surface area contributed by atoms with E-state index in [9.17, 15) is 18.5 Å². The molecule has 0 fully saturated rings. The van der Waals surface area contributed by atoms with Crippen LogP contribution in [0.4, 0.5) is 5.69 Å². The molecule has 10 heteroatoms. The SMILES string of the molecule is CS(=O)(=O)NCCNCc1ccc(Oc2ccccc2Cl)c([N+](=O)[O-])c1. The van der Waals surface area contributed by atoms with Gasteiger partial charge >= 0.3 is 5.69 Å². The number of sulfonamides is 1. The van der Waals surface area contributed by atoms with Crippen LogP contribution in [0.3, 0.4) is 0 Å². The van der Waals surface area contributed by atoms with E-state index < -0.39 is 14.9 Å². The normalized spacial score (nSPS) is 11.3. The Morgan fingerprint density at radius 3 is 2.54 bits per heavy atom. The zero-order valence-corrected chi connectivity index (χ0v) is 15.5. The molecule has 2 rings (SSSR count). The zero-order chi connectivity index (χ0) is 19.2. The molecule has 0 saturated heterocycles. The van der Waals surface area contributed by atoms with Gasteiger partial charge in [0.15, 0.2) is 0 Å². The summed E-state index contributed by atoms with van der Waals surface area (Å²) < 4.78 is 29.8. The van der Waals surface area contributed by atoms with E-state index in [1.54, 1.807) is 30.3 Å². The fourth-order valence-corrected chi connectivity index (χ4v) is 2.75. The lowest BCUT2D eigenvalue weighted by molar-refractivity contribution is -0.385. The molecule has 0 atom stereocenters. The molecule has 0 aromatic heterocycles. The van der Waals surface area contributed by atoms with Gasteiger partial charge in [0.05, 0.1) is 16.2 Å². The van der Waals surface area contributed by atoms with Crippen molar-refractivity contribution in [3.8, 4) is 11.5 Å². The molecule has 0 amide bonds. The number of rotatable bonds is 9. The summed E-state index contributed by atoms with van der Waals surface area (Å²) >= 11 is 6.01. The smallest absolute Gasteiger partial charge is 0.311 e.